The summed E-state index contributed by atoms with van der Waals surface area (Å²) in [5, 5.41) is 3.48. The summed E-state index contributed by atoms with van der Waals surface area (Å²) in [6.07, 6.45) is 2.51. The molecule has 3 rings (SSSR count). The van der Waals surface area contributed by atoms with Crippen molar-refractivity contribution < 1.29 is 9.47 Å². The summed E-state index contributed by atoms with van der Waals surface area (Å²) in [5.41, 5.74) is 2.39. The smallest absolute Gasteiger partial charge is 0.193 e. The monoisotopic (exact) mass is 381 g/mol. The predicted octanol–water partition coefficient (Wildman–Crippen LogP) is 3.84. The quantitative estimate of drug-likeness (QED) is 0.585. The van der Waals surface area contributed by atoms with Crippen molar-refractivity contribution in [2.45, 2.75) is 39.0 Å². The van der Waals surface area contributed by atoms with Gasteiger partial charge in [-0.05, 0) is 43.0 Å². The van der Waals surface area contributed by atoms with Crippen LogP contribution in [0.4, 0.5) is 0 Å². The second kappa shape index (κ2) is 10.7. The van der Waals surface area contributed by atoms with E-state index in [1.807, 2.05) is 37.4 Å². The molecule has 0 amide bonds. The Kier molecular flexibility index (Phi) is 7.73. The Morgan fingerprint density at radius 1 is 1.04 bits per heavy atom. The number of aliphatic imine (C=N–C) groups is 1. The van der Waals surface area contributed by atoms with Crippen LogP contribution in [-0.2, 0) is 17.9 Å². The van der Waals surface area contributed by atoms with E-state index < -0.39 is 0 Å². The van der Waals surface area contributed by atoms with Crippen molar-refractivity contribution in [2.75, 3.05) is 26.7 Å². The van der Waals surface area contributed by atoms with Gasteiger partial charge in [0.05, 0.1) is 6.10 Å². The Morgan fingerprint density at radius 2 is 1.71 bits per heavy atom. The molecular weight excluding hydrogens is 350 g/mol. The summed E-state index contributed by atoms with van der Waals surface area (Å²) < 4.78 is 11.5. The Bertz CT molecular complexity index is 723. The van der Waals surface area contributed by atoms with E-state index in [-0.39, 0.29) is 0 Å². The van der Waals surface area contributed by atoms with E-state index in [1.165, 1.54) is 5.56 Å². The standard InChI is InChI=1S/C23H31N3O2/c1-3-27-22-13-15-26(16-14-22)23(24-2)25-17-19-9-11-20(12-10-19)18-28-21-7-5-4-6-8-21/h4-12,22H,3,13-18H2,1-2H3,(H,24,25). The van der Waals surface area contributed by atoms with Crippen LogP contribution in [0, 0.1) is 0 Å². The number of hydrogen-bond acceptors (Lipinski definition) is 3. The molecule has 0 aliphatic carbocycles. The van der Waals surface area contributed by atoms with Crippen molar-refractivity contribution in [1.82, 2.24) is 10.2 Å². The minimum Gasteiger partial charge on any atom is -0.489 e. The molecular formula is C23H31N3O2. The third kappa shape index (κ3) is 5.99. The minimum atomic E-state index is 0.394. The number of benzene rings is 2. The van der Waals surface area contributed by atoms with Gasteiger partial charge in [0.15, 0.2) is 5.96 Å². The molecule has 5 heteroatoms. The van der Waals surface area contributed by atoms with Crippen molar-refractivity contribution in [2.24, 2.45) is 4.99 Å². The van der Waals surface area contributed by atoms with Crippen LogP contribution in [0.2, 0.25) is 0 Å². The van der Waals surface area contributed by atoms with Crippen molar-refractivity contribution in [3.8, 4) is 5.75 Å². The average Bonchev–Trinajstić information content (AvgIpc) is 2.75. The van der Waals surface area contributed by atoms with Crippen LogP contribution in [0.25, 0.3) is 0 Å². The molecule has 0 aromatic heterocycles. The highest BCUT2D eigenvalue weighted by Gasteiger charge is 2.21. The molecule has 2 aromatic carbocycles. The van der Waals surface area contributed by atoms with E-state index in [4.69, 9.17) is 9.47 Å². The average molecular weight is 382 g/mol. The molecule has 150 valence electrons. The molecule has 1 heterocycles. The maximum Gasteiger partial charge on any atom is 0.193 e. The molecule has 1 N–H and O–H groups in total. The van der Waals surface area contributed by atoms with Gasteiger partial charge in [0.2, 0.25) is 0 Å². The molecule has 5 nitrogen and oxygen atoms in total. The summed E-state index contributed by atoms with van der Waals surface area (Å²) in [5.74, 6) is 1.86. The lowest BCUT2D eigenvalue weighted by molar-refractivity contribution is 0.0263. The lowest BCUT2D eigenvalue weighted by Gasteiger charge is -2.34. The molecule has 1 aliphatic rings. The van der Waals surface area contributed by atoms with E-state index in [9.17, 15) is 0 Å². The third-order valence-electron chi connectivity index (χ3n) is 4.98. The first kappa shape index (κ1) is 20.2. The highest BCUT2D eigenvalue weighted by atomic mass is 16.5. The maximum atomic E-state index is 5.80. The number of para-hydroxylation sites is 1. The fourth-order valence-electron chi connectivity index (χ4n) is 3.42. The summed E-state index contributed by atoms with van der Waals surface area (Å²) in [4.78, 5) is 6.77. The number of piperidine rings is 1. The number of likely N-dealkylation sites (tertiary alicyclic amines) is 1. The number of hydrogen-bond donors (Lipinski definition) is 1. The van der Waals surface area contributed by atoms with Gasteiger partial charge in [0.1, 0.15) is 12.4 Å². The molecule has 0 unspecified atom stereocenters. The molecule has 0 bridgehead atoms. The van der Waals surface area contributed by atoms with Crippen molar-refractivity contribution in [1.29, 1.82) is 0 Å². The molecule has 0 spiro atoms. The fraction of sp³-hybridized carbons (Fsp3) is 0.435. The molecule has 0 radical (unpaired) electrons. The van der Waals surface area contributed by atoms with E-state index >= 15 is 0 Å². The Balaban J connectivity index is 1.44. The zero-order chi connectivity index (χ0) is 19.6. The summed E-state index contributed by atoms with van der Waals surface area (Å²) in [6, 6.07) is 18.4. The number of nitrogens with zero attached hydrogens (tertiary/aromatic N) is 2. The van der Waals surface area contributed by atoms with Crippen molar-refractivity contribution in [3.63, 3.8) is 0 Å². The van der Waals surface area contributed by atoms with Crippen LogP contribution in [-0.4, -0.2) is 43.7 Å². The van der Waals surface area contributed by atoms with Gasteiger partial charge in [-0.15, -0.1) is 0 Å². The van der Waals surface area contributed by atoms with E-state index in [1.54, 1.807) is 0 Å². The third-order valence-corrected chi connectivity index (χ3v) is 4.98. The highest BCUT2D eigenvalue weighted by Crippen LogP contribution is 2.15. The van der Waals surface area contributed by atoms with Gasteiger partial charge in [-0.2, -0.15) is 0 Å². The number of ether oxygens (including phenoxy) is 2. The zero-order valence-corrected chi connectivity index (χ0v) is 16.9. The number of rotatable bonds is 7. The summed E-state index contributed by atoms with van der Waals surface area (Å²) in [7, 11) is 1.85. The van der Waals surface area contributed by atoms with Gasteiger partial charge >= 0.3 is 0 Å². The molecule has 28 heavy (non-hydrogen) atoms. The molecule has 1 aliphatic heterocycles. The van der Waals surface area contributed by atoms with Crippen LogP contribution in [0.1, 0.15) is 30.9 Å². The van der Waals surface area contributed by atoms with Gasteiger partial charge in [-0.1, -0.05) is 42.5 Å². The first-order chi connectivity index (χ1) is 13.8. The fourth-order valence-corrected chi connectivity index (χ4v) is 3.42. The van der Waals surface area contributed by atoms with E-state index in [0.717, 1.165) is 56.4 Å². The van der Waals surface area contributed by atoms with Crippen LogP contribution in [0.3, 0.4) is 0 Å². The normalized spacial score (nSPS) is 15.5. The SMILES string of the molecule is CCOC1CCN(C(=NC)NCc2ccc(COc3ccccc3)cc2)CC1. The van der Waals surface area contributed by atoms with E-state index in [2.05, 4.69) is 46.4 Å². The van der Waals surface area contributed by atoms with Crippen LogP contribution in [0.15, 0.2) is 59.6 Å². The molecule has 2 aromatic rings. The summed E-state index contributed by atoms with van der Waals surface area (Å²) >= 11 is 0. The molecule has 1 fully saturated rings. The first-order valence-electron chi connectivity index (χ1n) is 10.1. The number of guanidine groups is 1. The van der Waals surface area contributed by atoms with Gasteiger partial charge in [0, 0.05) is 33.3 Å². The van der Waals surface area contributed by atoms with Crippen LogP contribution in [0.5, 0.6) is 5.75 Å². The predicted molar refractivity (Wildman–Crippen MR) is 114 cm³/mol. The Hall–Kier alpha value is -2.53. The molecule has 1 saturated heterocycles. The molecule has 0 atom stereocenters. The van der Waals surface area contributed by atoms with Gasteiger partial charge in [0.25, 0.3) is 0 Å². The Labute approximate surface area is 168 Å². The number of nitrogens with one attached hydrogen (secondary N) is 1. The second-order valence-corrected chi connectivity index (χ2v) is 6.96. The zero-order valence-electron chi connectivity index (χ0n) is 16.9. The highest BCUT2D eigenvalue weighted by molar-refractivity contribution is 5.79. The minimum absolute atomic E-state index is 0.394. The van der Waals surface area contributed by atoms with Crippen molar-refractivity contribution >= 4 is 5.96 Å². The van der Waals surface area contributed by atoms with Gasteiger partial charge < -0.3 is 19.7 Å². The molecule has 0 saturated carbocycles. The van der Waals surface area contributed by atoms with Crippen LogP contribution >= 0.6 is 0 Å². The lowest BCUT2D eigenvalue weighted by atomic mass is 10.1. The van der Waals surface area contributed by atoms with Gasteiger partial charge in [-0.3, -0.25) is 4.99 Å². The second-order valence-electron chi connectivity index (χ2n) is 6.96. The summed E-state index contributed by atoms with van der Waals surface area (Å²) in [6.45, 7) is 6.17. The van der Waals surface area contributed by atoms with E-state index in [0.29, 0.717) is 12.7 Å². The van der Waals surface area contributed by atoms with Crippen molar-refractivity contribution in [3.05, 3.63) is 65.7 Å². The van der Waals surface area contributed by atoms with Gasteiger partial charge in [-0.25, -0.2) is 0 Å². The Morgan fingerprint density at radius 3 is 2.36 bits per heavy atom. The van der Waals surface area contributed by atoms with Crippen LogP contribution < -0.4 is 10.1 Å². The topological polar surface area (TPSA) is 46.1 Å². The largest absolute Gasteiger partial charge is 0.489 e. The lowest BCUT2D eigenvalue weighted by Crippen LogP contribution is -2.46. The maximum absolute atomic E-state index is 5.80. The first-order valence-corrected chi connectivity index (χ1v) is 10.1.